The van der Waals surface area contributed by atoms with Crippen molar-refractivity contribution in [3.05, 3.63) is 44.8 Å². The Hall–Kier alpha value is -2.35. The van der Waals surface area contributed by atoms with Crippen LogP contribution in [0.4, 0.5) is 0 Å². The topological polar surface area (TPSA) is 72.6 Å². The minimum atomic E-state index is -0.0250. The van der Waals surface area contributed by atoms with Crippen molar-refractivity contribution in [3.63, 3.8) is 0 Å². The van der Waals surface area contributed by atoms with Crippen LogP contribution in [0, 0.1) is 11.7 Å². The largest absolute Gasteiger partial charge is 0.328 e. The van der Waals surface area contributed by atoms with Crippen LogP contribution in [0.25, 0.3) is 11.0 Å². The van der Waals surface area contributed by atoms with Gasteiger partial charge in [-0.25, -0.2) is 9.47 Å². The van der Waals surface area contributed by atoms with Crippen LogP contribution < -0.4 is 11.1 Å². The molecule has 3 rings (SSSR count). The first-order chi connectivity index (χ1) is 9.99. The first-order valence-corrected chi connectivity index (χ1v) is 6.92. The summed E-state index contributed by atoms with van der Waals surface area (Å²) < 4.78 is 5.54. The highest BCUT2D eigenvalue weighted by atomic mass is 32.1. The lowest BCUT2D eigenvalue weighted by Gasteiger charge is -2.08. The number of fused-ring (bicyclic) bond motifs is 1. The molecule has 0 aliphatic carbocycles. The molecule has 0 saturated heterocycles. The van der Waals surface area contributed by atoms with E-state index < -0.39 is 0 Å². The number of aromatic amines is 1. The maximum Gasteiger partial charge on any atom is 0.328 e. The van der Waals surface area contributed by atoms with Crippen molar-refractivity contribution in [3.8, 4) is 0 Å². The van der Waals surface area contributed by atoms with E-state index in [1.54, 1.807) is 27.9 Å². The van der Waals surface area contributed by atoms with E-state index >= 15 is 0 Å². The molecule has 0 atom stereocenters. The summed E-state index contributed by atoms with van der Waals surface area (Å²) in [4.78, 5) is 11.9. The summed E-state index contributed by atoms with van der Waals surface area (Å²) in [6, 6.07) is 5.95. The van der Waals surface area contributed by atoms with Crippen molar-refractivity contribution < 1.29 is 0 Å². The van der Waals surface area contributed by atoms with Gasteiger partial charge < -0.3 is 5.43 Å². The molecule has 0 fully saturated rings. The minimum absolute atomic E-state index is 0.0250. The Balaban J connectivity index is 1.94. The van der Waals surface area contributed by atoms with Crippen LogP contribution >= 0.6 is 12.2 Å². The van der Waals surface area contributed by atoms with E-state index in [1.807, 2.05) is 25.1 Å². The minimum Gasteiger partial charge on any atom is -0.318 e. The van der Waals surface area contributed by atoms with Crippen LogP contribution in [0.5, 0.6) is 0 Å². The number of nitrogens with zero attached hydrogens (tertiary/aromatic N) is 4. The second-order valence-corrected chi connectivity index (χ2v) is 5.36. The summed E-state index contributed by atoms with van der Waals surface area (Å²) in [5, 5.41) is 6.77. The quantitative estimate of drug-likeness (QED) is 0.713. The average Bonchev–Trinajstić information content (AvgIpc) is 2.90. The second-order valence-electron chi connectivity index (χ2n) is 4.97. The number of imidazole rings is 1. The van der Waals surface area contributed by atoms with Crippen molar-refractivity contribution in [1.29, 1.82) is 0 Å². The van der Waals surface area contributed by atoms with Crippen LogP contribution in [0.15, 0.2) is 23.0 Å². The van der Waals surface area contributed by atoms with Crippen LogP contribution in [0.1, 0.15) is 11.4 Å². The number of benzene rings is 1. The highest BCUT2D eigenvalue weighted by Crippen LogP contribution is 2.14. The van der Waals surface area contributed by atoms with Gasteiger partial charge >= 0.3 is 5.69 Å². The van der Waals surface area contributed by atoms with Crippen LogP contribution in [-0.4, -0.2) is 24.0 Å². The maximum absolute atomic E-state index is 11.9. The van der Waals surface area contributed by atoms with Gasteiger partial charge in [-0.3, -0.25) is 14.2 Å². The third-order valence-electron chi connectivity index (χ3n) is 3.62. The van der Waals surface area contributed by atoms with Crippen molar-refractivity contribution in [1.82, 2.24) is 24.0 Å². The fourth-order valence-electron chi connectivity index (χ4n) is 2.39. The molecular formula is C13H16N6OS. The molecule has 3 aromatic rings. The lowest BCUT2D eigenvalue weighted by atomic mass is 10.2. The number of rotatable bonds is 3. The second kappa shape index (κ2) is 4.88. The Morgan fingerprint density at radius 1 is 1.29 bits per heavy atom. The van der Waals surface area contributed by atoms with Gasteiger partial charge in [0.15, 0.2) is 0 Å². The molecule has 0 unspecified atom stereocenters. The predicted molar refractivity (Wildman–Crippen MR) is 83.4 cm³/mol. The number of H-pyrrole nitrogens is 1. The van der Waals surface area contributed by atoms with Crippen molar-refractivity contribution in [2.45, 2.75) is 13.5 Å². The molecule has 7 nitrogen and oxygen atoms in total. The van der Waals surface area contributed by atoms with E-state index in [9.17, 15) is 4.79 Å². The molecule has 0 saturated carbocycles. The average molecular weight is 304 g/mol. The Kier molecular flexibility index (Phi) is 3.17. The van der Waals surface area contributed by atoms with Gasteiger partial charge in [0.2, 0.25) is 4.77 Å². The summed E-state index contributed by atoms with van der Waals surface area (Å²) in [6.07, 6.45) is 0. The molecule has 8 heteroatoms. The Bertz CT molecular complexity index is 928. The smallest absolute Gasteiger partial charge is 0.318 e. The molecule has 21 heavy (non-hydrogen) atoms. The molecule has 0 aliphatic rings. The number of hydrogen-bond donors (Lipinski definition) is 2. The zero-order chi connectivity index (χ0) is 15.1. The van der Waals surface area contributed by atoms with E-state index in [-0.39, 0.29) is 5.69 Å². The molecule has 0 spiro atoms. The van der Waals surface area contributed by atoms with Crippen LogP contribution in [-0.2, 0) is 20.6 Å². The molecule has 0 radical (unpaired) electrons. The van der Waals surface area contributed by atoms with E-state index in [2.05, 4.69) is 15.6 Å². The lowest BCUT2D eigenvalue weighted by molar-refractivity contribution is 0.791. The van der Waals surface area contributed by atoms with Crippen LogP contribution in [0.2, 0.25) is 0 Å². The third-order valence-corrected chi connectivity index (χ3v) is 3.89. The molecule has 2 heterocycles. The molecular weight excluding hydrogens is 288 g/mol. The van der Waals surface area contributed by atoms with Crippen molar-refractivity contribution in [2.75, 3.05) is 5.43 Å². The Morgan fingerprint density at radius 2 is 2.00 bits per heavy atom. The highest BCUT2D eigenvalue weighted by molar-refractivity contribution is 7.71. The Labute approximate surface area is 125 Å². The molecule has 110 valence electrons. The SMILES string of the molecule is Cc1n[nH]c(=S)n1NCc1ccc2c(c1)n(C)c(=O)n2C. The standard InChI is InChI=1S/C13H16N6OS/c1-8-15-16-12(21)19(8)14-7-9-4-5-10-11(6-9)18(3)13(20)17(10)2/h4-6,14H,7H2,1-3H3,(H,16,21). The fourth-order valence-corrected chi connectivity index (χ4v) is 2.64. The van der Waals surface area contributed by atoms with Crippen molar-refractivity contribution in [2.24, 2.45) is 14.1 Å². The summed E-state index contributed by atoms with van der Waals surface area (Å²) in [5.74, 6) is 0.771. The van der Waals surface area contributed by atoms with Gasteiger partial charge in [-0.05, 0) is 36.8 Å². The summed E-state index contributed by atoms with van der Waals surface area (Å²) in [5.41, 5.74) is 6.07. The normalized spacial score (nSPS) is 11.2. The van der Waals surface area contributed by atoms with Gasteiger partial charge in [-0.1, -0.05) is 6.07 Å². The molecule has 0 amide bonds. The van der Waals surface area contributed by atoms with Gasteiger partial charge in [0.1, 0.15) is 5.82 Å². The van der Waals surface area contributed by atoms with E-state index in [1.165, 1.54) is 0 Å². The number of aromatic nitrogens is 5. The van der Waals surface area contributed by atoms with Gasteiger partial charge in [-0.15, -0.1) is 0 Å². The Morgan fingerprint density at radius 3 is 2.67 bits per heavy atom. The molecule has 0 aliphatic heterocycles. The zero-order valence-electron chi connectivity index (χ0n) is 12.0. The third kappa shape index (κ3) is 2.17. The predicted octanol–water partition coefficient (Wildman–Crippen LogP) is 1.18. The number of aryl methyl sites for hydroxylation is 3. The van der Waals surface area contributed by atoms with E-state index in [4.69, 9.17) is 12.2 Å². The van der Waals surface area contributed by atoms with E-state index in [0.717, 1.165) is 22.4 Å². The van der Waals surface area contributed by atoms with Crippen molar-refractivity contribution >= 4 is 23.3 Å². The van der Waals surface area contributed by atoms with E-state index in [0.29, 0.717) is 11.3 Å². The number of nitrogens with one attached hydrogen (secondary N) is 2. The molecule has 1 aromatic carbocycles. The van der Waals surface area contributed by atoms with Crippen LogP contribution in [0.3, 0.4) is 0 Å². The first kappa shape index (κ1) is 13.6. The monoisotopic (exact) mass is 304 g/mol. The molecule has 2 N–H and O–H groups in total. The molecule has 2 aromatic heterocycles. The zero-order valence-corrected chi connectivity index (χ0v) is 12.9. The maximum atomic E-state index is 11.9. The lowest BCUT2D eigenvalue weighted by Crippen LogP contribution is -2.19. The summed E-state index contributed by atoms with van der Waals surface area (Å²) >= 11 is 5.14. The fraction of sp³-hybridized carbons (Fsp3) is 0.308. The van der Waals surface area contributed by atoms with Gasteiger partial charge in [0, 0.05) is 14.1 Å². The first-order valence-electron chi connectivity index (χ1n) is 6.51. The van der Waals surface area contributed by atoms with Gasteiger partial charge in [0.25, 0.3) is 0 Å². The highest BCUT2D eigenvalue weighted by Gasteiger charge is 2.08. The van der Waals surface area contributed by atoms with Gasteiger partial charge in [-0.2, -0.15) is 5.10 Å². The number of hydrogen-bond acceptors (Lipinski definition) is 4. The summed E-state index contributed by atoms with van der Waals surface area (Å²) in [7, 11) is 3.55. The summed E-state index contributed by atoms with van der Waals surface area (Å²) in [6.45, 7) is 2.46. The van der Waals surface area contributed by atoms with Gasteiger partial charge in [0.05, 0.1) is 17.6 Å². The molecule has 0 bridgehead atoms.